The highest BCUT2D eigenvalue weighted by Crippen LogP contribution is 2.26. The smallest absolute Gasteiger partial charge is 0.305 e. The van der Waals surface area contributed by atoms with Crippen molar-refractivity contribution in [2.75, 3.05) is 13.2 Å². The molecule has 7 heteroatoms. The van der Waals surface area contributed by atoms with Gasteiger partial charge in [-0.2, -0.15) is 0 Å². The van der Waals surface area contributed by atoms with Crippen molar-refractivity contribution in [2.45, 2.75) is 107 Å². The van der Waals surface area contributed by atoms with Gasteiger partial charge in [-0.15, -0.1) is 0 Å². The Morgan fingerprint density at radius 1 is 0.643 bits per heavy atom. The van der Waals surface area contributed by atoms with Crippen LogP contribution in [0.4, 0.5) is 0 Å². The second-order valence-corrected chi connectivity index (χ2v) is 9.76. The monoisotopic (exact) mass is 458 g/mol. The standard InChI is InChI=1S/C21H37Cl3O4/c1-2-3-4-5-6-7-8-9-10-11-14-17-27-19(25)15-12-13-16-20(26)28-18-21(22,23)24/h2-18H2,1H3. The molecular weight excluding hydrogens is 423 g/mol. The highest BCUT2D eigenvalue weighted by atomic mass is 35.6. The fourth-order valence-electron chi connectivity index (χ4n) is 2.80. The van der Waals surface area contributed by atoms with E-state index in [1.54, 1.807) is 0 Å². The average Bonchev–Trinajstić information content (AvgIpc) is 2.64. The molecule has 0 radical (unpaired) electrons. The summed E-state index contributed by atoms with van der Waals surface area (Å²) in [6, 6.07) is 0. The third kappa shape index (κ3) is 22.1. The molecule has 0 saturated heterocycles. The lowest BCUT2D eigenvalue weighted by Gasteiger charge is -2.11. The summed E-state index contributed by atoms with van der Waals surface area (Å²) in [5.74, 6) is -0.637. The molecule has 0 aliphatic carbocycles. The zero-order valence-corrected chi connectivity index (χ0v) is 19.6. The van der Waals surface area contributed by atoms with E-state index in [4.69, 9.17) is 44.3 Å². The fraction of sp³-hybridized carbons (Fsp3) is 0.905. The van der Waals surface area contributed by atoms with Gasteiger partial charge in [0.05, 0.1) is 6.61 Å². The van der Waals surface area contributed by atoms with Crippen LogP contribution in [-0.2, 0) is 19.1 Å². The molecule has 0 heterocycles. The quantitative estimate of drug-likeness (QED) is 0.122. The Bertz CT molecular complexity index is 398. The first-order valence-corrected chi connectivity index (χ1v) is 11.9. The van der Waals surface area contributed by atoms with E-state index in [2.05, 4.69) is 6.92 Å². The molecular formula is C21H37Cl3O4. The molecule has 0 aliphatic rings. The van der Waals surface area contributed by atoms with E-state index in [1.165, 1.54) is 57.8 Å². The number of esters is 2. The van der Waals surface area contributed by atoms with Crippen LogP contribution in [0.15, 0.2) is 0 Å². The molecule has 0 saturated carbocycles. The third-order valence-corrected chi connectivity index (χ3v) is 4.75. The SMILES string of the molecule is CCCCCCCCCCCCCOC(=O)CCCCC(=O)OCC(Cl)(Cl)Cl. The van der Waals surface area contributed by atoms with Gasteiger partial charge in [0.1, 0.15) is 6.61 Å². The Morgan fingerprint density at radius 3 is 1.54 bits per heavy atom. The predicted molar refractivity (Wildman–Crippen MR) is 117 cm³/mol. The number of rotatable bonds is 18. The first-order chi connectivity index (χ1) is 13.3. The number of alkyl halides is 3. The van der Waals surface area contributed by atoms with Crippen LogP contribution in [0.2, 0.25) is 0 Å². The van der Waals surface area contributed by atoms with Crippen LogP contribution in [0.1, 0.15) is 103 Å². The topological polar surface area (TPSA) is 52.6 Å². The van der Waals surface area contributed by atoms with Crippen molar-refractivity contribution >= 4 is 46.7 Å². The number of halogens is 3. The van der Waals surface area contributed by atoms with Crippen LogP contribution in [0.25, 0.3) is 0 Å². The molecule has 0 bridgehead atoms. The Morgan fingerprint density at radius 2 is 1.07 bits per heavy atom. The summed E-state index contributed by atoms with van der Waals surface area (Å²) in [6.07, 6.45) is 15.6. The van der Waals surface area contributed by atoms with Crippen molar-refractivity contribution < 1.29 is 19.1 Å². The number of hydrogen-bond donors (Lipinski definition) is 0. The predicted octanol–water partition coefficient (Wildman–Crippen LogP) is 7.31. The van der Waals surface area contributed by atoms with Crippen LogP contribution >= 0.6 is 34.8 Å². The van der Waals surface area contributed by atoms with Crippen molar-refractivity contribution in [3.05, 3.63) is 0 Å². The number of hydrogen-bond acceptors (Lipinski definition) is 4. The Labute approximate surface area is 185 Å². The molecule has 0 aliphatic heterocycles. The summed E-state index contributed by atoms with van der Waals surface area (Å²) in [5, 5.41) is 0. The van der Waals surface area contributed by atoms with Gasteiger partial charge in [0.25, 0.3) is 0 Å². The van der Waals surface area contributed by atoms with Crippen LogP contribution in [0.5, 0.6) is 0 Å². The molecule has 4 nitrogen and oxygen atoms in total. The van der Waals surface area contributed by atoms with Gasteiger partial charge < -0.3 is 9.47 Å². The molecule has 0 rings (SSSR count). The maximum Gasteiger partial charge on any atom is 0.305 e. The highest BCUT2D eigenvalue weighted by Gasteiger charge is 2.21. The van der Waals surface area contributed by atoms with Crippen LogP contribution in [0.3, 0.4) is 0 Å². The molecule has 0 unspecified atom stereocenters. The maximum absolute atomic E-state index is 11.6. The number of carbonyl (C=O) groups is 2. The van der Waals surface area contributed by atoms with Crippen LogP contribution < -0.4 is 0 Å². The highest BCUT2D eigenvalue weighted by molar-refractivity contribution is 6.67. The molecule has 0 aromatic rings. The van der Waals surface area contributed by atoms with Gasteiger partial charge in [-0.25, -0.2) is 0 Å². The van der Waals surface area contributed by atoms with E-state index < -0.39 is 9.76 Å². The van der Waals surface area contributed by atoms with Crippen molar-refractivity contribution in [3.63, 3.8) is 0 Å². The van der Waals surface area contributed by atoms with E-state index in [9.17, 15) is 9.59 Å². The Kier molecular flexibility index (Phi) is 18.7. The fourth-order valence-corrected chi connectivity index (χ4v) is 2.96. The zero-order valence-electron chi connectivity index (χ0n) is 17.3. The van der Waals surface area contributed by atoms with Crippen molar-refractivity contribution in [1.29, 1.82) is 0 Å². The molecule has 28 heavy (non-hydrogen) atoms. The largest absolute Gasteiger partial charge is 0.466 e. The van der Waals surface area contributed by atoms with Gasteiger partial charge in [0.2, 0.25) is 3.79 Å². The van der Waals surface area contributed by atoms with Crippen molar-refractivity contribution in [3.8, 4) is 0 Å². The first-order valence-electron chi connectivity index (χ1n) is 10.7. The summed E-state index contributed by atoms with van der Waals surface area (Å²) >= 11 is 16.5. The summed E-state index contributed by atoms with van der Waals surface area (Å²) < 4.78 is 8.44. The van der Waals surface area contributed by atoms with Crippen LogP contribution in [-0.4, -0.2) is 28.9 Å². The summed E-state index contributed by atoms with van der Waals surface area (Å²) in [6.45, 7) is 2.46. The minimum atomic E-state index is -1.59. The molecule has 0 aromatic heterocycles. The molecule has 0 atom stereocenters. The molecule has 0 aromatic carbocycles. The van der Waals surface area contributed by atoms with Gasteiger partial charge in [-0.05, 0) is 19.3 Å². The van der Waals surface area contributed by atoms with E-state index >= 15 is 0 Å². The normalized spacial score (nSPS) is 11.4. The minimum absolute atomic E-state index is 0.201. The Hall–Kier alpha value is -0.190. The van der Waals surface area contributed by atoms with Gasteiger partial charge in [-0.1, -0.05) is 106 Å². The second kappa shape index (κ2) is 18.8. The van der Waals surface area contributed by atoms with Gasteiger partial charge in [0, 0.05) is 12.8 Å². The van der Waals surface area contributed by atoms with Crippen molar-refractivity contribution in [1.82, 2.24) is 0 Å². The van der Waals surface area contributed by atoms with Crippen LogP contribution in [0, 0.1) is 0 Å². The lowest BCUT2D eigenvalue weighted by molar-refractivity contribution is -0.145. The van der Waals surface area contributed by atoms with E-state index in [0.717, 1.165) is 12.8 Å². The van der Waals surface area contributed by atoms with Gasteiger partial charge in [-0.3, -0.25) is 9.59 Å². The lowest BCUT2D eigenvalue weighted by atomic mass is 10.1. The molecule has 0 amide bonds. The molecule has 166 valence electrons. The maximum atomic E-state index is 11.6. The van der Waals surface area contributed by atoms with E-state index in [-0.39, 0.29) is 19.0 Å². The van der Waals surface area contributed by atoms with Gasteiger partial charge >= 0.3 is 11.9 Å². The average molecular weight is 460 g/mol. The van der Waals surface area contributed by atoms with Crippen molar-refractivity contribution in [2.24, 2.45) is 0 Å². The van der Waals surface area contributed by atoms with Gasteiger partial charge in [0.15, 0.2) is 0 Å². The number of carbonyl (C=O) groups excluding carboxylic acids is 2. The summed E-state index contributed by atoms with van der Waals surface area (Å²) in [4.78, 5) is 23.1. The Balaban J connectivity index is 3.32. The third-order valence-electron chi connectivity index (χ3n) is 4.42. The zero-order chi connectivity index (χ0) is 21.1. The summed E-state index contributed by atoms with van der Waals surface area (Å²) in [5.41, 5.74) is 0. The summed E-state index contributed by atoms with van der Waals surface area (Å²) in [7, 11) is 0. The number of ether oxygens (including phenoxy) is 2. The lowest BCUT2D eigenvalue weighted by Crippen LogP contribution is -2.17. The minimum Gasteiger partial charge on any atom is -0.466 e. The van der Waals surface area contributed by atoms with E-state index in [0.29, 0.717) is 25.9 Å². The second-order valence-electron chi connectivity index (χ2n) is 7.24. The molecule has 0 spiro atoms. The van der Waals surface area contributed by atoms with E-state index in [1.807, 2.05) is 0 Å². The molecule has 0 fully saturated rings. The first kappa shape index (κ1) is 27.8. The number of unbranched alkanes of at least 4 members (excludes halogenated alkanes) is 11. The molecule has 0 N–H and O–H groups in total.